The van der Waals surface area contributed by atoms with E-state index in [9.17, 15) is 19.2 Å². The average molecular weight is 888 g/mol. The largest absolute Gasteiger partial charge is 0.469 e. The van der Waals surface area contributed by atoms with Crippen LogP contribution < -0.4 is 5.32 Å². The van der Waals surface area contributed by atoms with Crippen molar-refractivity contribution < 1.29 is 33.4 Å². The van der Waals surface area contributed by atoms with Crippen LogP contribution in [0.4, 0.5) is 4.79 Å². The monoisotopic (exact) mass is 887 g/mol. The minimum atomic E-state index is -0.692. The van der Waals surface area contributed by atoms with Gasteiger partial charge in [0.05, 0.1) is 61.6 Å². The predicted molar refractivity (Wildman–Crippen MR) is 250 cm³/mol. The molecule has 3 N–H and O–H groups in total. The summed E-state index contributed by atoms with van der Waals surface area (Å²) in [7, 11) is 2.66. The normalized spacial score (nSPS) is 18.8. The molecule has 2 aromatic heterocycles. The number of hydrogen-bond donors (Lipinski definition) is 3. The maximum absolute atomic E-state index is 14.1. The first-order valence-electron chi connectivity index (χ1n) is 22.9. The molecule has 66 heavy (non-hydrogen) atoms. The number of carbonyl (C=O) groups excluding carboxylic acids is 4. The van der Waals surface area contributed by atoms with Gasteiger partial charge in [-0.15, -0.1) is 0 Å². The van der Waals surface area contributed by atoms with Crippen molar-refractivity contribution in [1.29, 1.82) is 0 Å². The molecule has 5 heterocycles. The zero-order valence-corrected chi connectivity index (χ0v) is 37.1. The van der Waals surface area contributed by atoms with Crippen molar-refractivity contribution >= 4 is 56.5 Å². The number of rotatable bonds is 11. The van der Waals surface area contributed by atoms with E-state index in [1.165, 1.54) is 14.2 Å². The molecule has 4 atom stereocenters. The highest BCUT2D eigenvalue weighted by atomic mass is 16.5. The molecule has 3 aliphatic heterocycles. The Labute approximate surface area is 382 Å². The van der Waals surface area contributed by atoms with E-state index in [1.807, 2.05) is 46.3 Å². The van der Waals surface area contributed by atoms with E-state index in [0.29, 0.717) is 39.1 Å². The molecule has 338 valence electrons. The van der Waals surface area contributed by atoms with Crippen molar-refractivity contribution in [3.8, 4) is 22.4 Å². The first-order valence-corrected chi connectivity index (χ1v) is 22.9. The Bertz CT molecular complexity index is 2940. The molecule has 0 aliphatic carbocycles. The Balaban J connectivity index is 0.858. The van der Waals surface area contributed by atoms with Gasteiger partial charge in [-0.25, -0.2) is 14.8 Å². The van der Waals surface area contributed by atoms with Gasteiger partial charge in [0.25, 0.3) is 0 Å². The average Bonchev–Trinajstić information content (AvgIpc) is 4.21. The van der Waals surface area contributed by atoms with Crippen molar-refractivity contribution in [2.24, 2.45) is 5.92 Å². The molecule has 0 unspecified atom stereocenters. The molecule has 3 amide bonds. The van der Waals surface area contributed by atoms with Crippen LogP contribution >= 0.6 is 0 Å². The molecule has 10 rings (SSSR count). The third-order valence-electron chi connectivity index (χ3n) is 13.8. The van der Waals surface area contributed by atoms with E-state index in [1.54, 1.807) is 0 Å². The minimum absolute atomic E-state index is 0.0225. The Hall–Kier alpha value is -7.06. The SMILES string of the molecule is COC(=O)C[C@@H](C(=O)N1CCC[C@H]1c1ncc(-c2ccc3cc(-c4ccc5c(ccc6[nH]c([C@@H]7CCCN7C(=O)[C@@H](NC(=O)OC)C7CCOCC7)nc65)c4)ccc3c2)[nH]1)c1ccccc1. The lowest BCUT2D eigenvalue weighted by Gasteiger charge is -2.34. The Kier molecular flexibility index (Phi) is 12.0. The van der Waals surface area contributed by atoms with E-state index in [2.05, 4.69) is 82.0 Å². The Morgan fingerprint density at radius 3 is 2.11 bits per heavy atom. The van der Waals surface area contributed by atoms with Crippen molar-refractivity contribution in [3.63, 3.8) is 0 Å². The third-order valence-corrected chi connectivity index (χ3v) is 13.8. The van der Waals surface area contributed by atoms with Crippen LogP contribution in [0.1, 0.15) is 80.2 Å². The molecule has 0 bridgehead atoms. The van der Waals surface area contributed by atoms with Crippen LogP contribution in [-0.2, 0) is 28.6 Å². The minimum Gasteiger partial charge on any atom is -0.469 e. The van der Waals surface area contributed by atoms with E-state index in [-0.39, 0.29) is 36.2 Å². The van der Waals surface area contributed by atoms with Crippen molar-refractivity contribution in [2.45, 2.75) is 69.0 Å². The third kappa shape index (κ3) is 8.37. The quantitative estimate of drug-likeness (QED) is 0.107. The molecule has 5 aromatic carbocycles. The maximum atomic E-state index is 14.1. The molecule has 14 heteroatoms. The van der Waals surface area contributed by atoms with E-state index >= 15 is 0 Å². The molecule has 7 aromatic rings. The number of nitrogens with one attached hydrogen (secondary N) is 3. The molecular formula is C52H53N7O7. The number of alkyl carbamates (subject to hydrolysis) is 1. The number of carbonyl (C=O) groups is 4. The zero-order chi connectivity index (χ0) is 45.3. The number of benzene rings is 5. The van der Waals surface area contributed by atoms with Gasteiger partial charge in [-0.05, 0) is 102 Å². The summed E-state index contributed by atoms with van der Waals surface area (Å²) < 4.78 is 15.4. The second-order valence-electron chi connectivity index (χ2n) is 17.7. The number of imidazole rings is 2. The second-order valence-corrected chi connectivity index (χ2v) is 17.7. The summed E-state index contributed by atoms with van der Waals surface area (Å²) in [5.74, 6) is 0.179. The summed E-state index contributed by atoms with van der Waals surface area (Å²) in [5.41, 5.74) is 6.60. The number of fused-ring (bicyclic) bond motifs is 4. The second kappa shape index (κ2) is 18.4. The fraction of sp³-hybridized carbons (Fsp3) is 0.346. The van der Waals surface area contributed by atoms with E-state index in [0.717, 1.165) is 97.9 Å². The van der Waals surface area contributed by atoms with Crippen molar-refractivity contribution in [1.82, 2.24) is 35.1 Å². The predicted octanol–water partition coefficient (Wildman–Crippen LogP) is 8.75. The van der Waals surface area contributed by atoms with Crippen LogP contribution in [-0.4, -0.2) is 100 Å². The summed E-state index contributed by atoms with van der Waals surface area (Å²) in [5, 5.41) is 7.11. The van der Waals surface area contributed by atoms with Crippen LogP contribution in [0.2, 0.25) is 0 Å². The standard InChI is InChI=1S/C52H53N7O7/c1-64-45(60)29-40(31-8-4-3-5-9-31)50(61)58-22-6-10-43(58)48-53-30-42(55-48)38-15-14-34-26-33(12-13-35(34)28-38)36-16-18-39-37(27-36)17-19-41-47(39)56-49(54-41)44-11-7-23-59(44)51(62)46(57-52(63)65-2)32-20-24-66-25-21-32/h3-5,8-9,12-19,26-28,30,32,40,43-44,46H,6-7,10-11,20-25,29H2,1-2H3,(H,53,55)(H,54,56)(H,57,63)/t40-,43+,44+,46+/m1/s1. The number of esters is 1. The number of methoxy groups -OCH3 is 2. The molecule has 0 spiro atoms. The highest BCUT2D eigenvalue weighted by Gasteiger charge is 2.41. The number of H-pyrrole nitrogens is 2. The Morgan fingerprint density at radius 2 is 1.38 bits per heavy atom. The molecular weight excluding hydrogens is 835 g/mol. The van der Waals surface area contributed by atoms with E-state index < -0.39 is 24.0 Å². The highest BCUT2D eigenvalue weighted by Crippen LogP contribution is 2.38. The molecule has 0 radical (unpaired) electrons. The van der Waals surface area contributed by atoms with Gasteiger partial charge in [0.2, 0.25) is 11.8 Å². The van der Waals surface area contributed by atoms with Crippen LogP contribution in [0.5, 0.6) is 0 Å². The summed E-state index contributed by atoms with van der Waals surface area (Å²) in [6.45, 7) is 2.29. The fourth-order valence-corrected chi connectivity index (χ4v) is 10.3. The van der Waals surface area contributed by atoms with Gasteiger partial charge in [0.1, 0.15) is 17.7 Å². The molecule has 3 fully saturated rings. The number of amides is 3. The lowest BCUT2D eigenvalue weighted by Crippen LogP contribution is -2.53. The number of hydrogen-bond acceptors (Lipinski definition) is 9. The first-order chi connectivity index (χ1) is 32.3. The van der Waals surface area contributed by atoms with Gasteiger partial charge in [0, 0.05) is 37.3 Å². The van der Waals surface area contributed by atoms with Crippen LogP contribution in [0.15, 0.2) is 103 Å². The number of nitrogens with zero attached hydrogens (tertiary/aromatic N) is 4. The number of aromatic amines is 2. The fourth-order valence-electron chi connectivity index (χ4n) is 10.3. The van der Waals surface area contributed by atoms with Crippen molar-refractivity contribution in [2.75, 3.05) is 40.5 Å². The smallest absolute Gasteiger partial charge is 0.407 e. The molecule has 3 saturated heterocycles. The zero-order valence-electron chi connectivity index (χ0n) is 37.1. The summed E-state index contributed by atoms with van der Waals surface area (Å²) in [6.07, 6.45) is 5.82. The van der Waals surface area contributed by atoms with Crippen LogP contribution in [0.3, 0.4) is 0 Å². The van der Waals surface area contributed by atoms with Gasteiger partial charge in [-0.3, -0.25) is 14.4 Å². The lowest BCUT2D eigenvalue weighted by molar-refractivity contribution is -0.145. The summed E-state index contributed by atoms with van der Waals surface area (Å²) in [4.78, 5) is 73.7. The van der Waals surface area contributed by atoms with Crippen molar-refractivity contribution in [3.05, 3.63) is 120 Å². The van der Waals surface area contributed by atoms with Gasteiger partial charge in [0.15, 0.2) is 0 Å². The summed E-state index contributed by atoms with van der Waals surface area (Å²) >= 11 is 0. The molecule has 14 nitrogen and oxygen atoms in total. The van der Waals surface area contributed by atoms with Crippen LogP contribution in [0.25, 0.3) is 55.0 Å². The van der Waals surface area contributed by atoms with Gasteiger partial charge >= 0.3 is 12.1 Å². The molecule has 3 aliphatic rings. The first kappa shape index (κ1) is 42.9. The number of ether oxygens (including phenoxy) is 3. The Morgan fingerprint density at radius 1 is 0.727 bits per heavy atom. The highest BCUT2D eigenvalue weighted by molar-refractivity contribution is 6.06. The molecule has 0 saturated carbocycles. The van der Waals surface area contributed by atoms with Gasteiger partial charge in [-0.1, -0.05) is 72.8 Å². The maximum Gasteiger partial charge on any atom is 0.407 e. The van der Waals surface area contributed by atoms with Crippen LogP contribution in [0, 0.1) is 5.92 Å². The topological polar surface area (TPSA) is 172 Å². The number of likely N-dealkylation sites (tertiary alicyclic amines) is 2. The van der Waals surface area contributed by atoms with Gasteiger partial charge in [-0.2, -0.15) is 0 Å². The summed E-state index contributed by atoms with van der Waals surface area (Å²) in [6, 6.07) is 31.8. The lowest BCUT2D eigenvalue weighted by atomic mass is 9.90. The van der Waals surface area contributed by atoms with E-state index in [4.69, 9.17) is 24.2 Å². The number of aromatic nitrogens is 4. The van der Waals surface area contributed by atoms with Gasteiger partial charge < -0.3 is 39.3 Å².